The maximum absolute atomic E-state index is 4.45. The van der Waals surface area contributed by atoms with Crippen LogP contribution in [0, 0.1) is 17.8 Å². The van der Waals surface area contributed by atoms with Gasteiger partial charge in [0.2, 0.25) is 0 Å². The lowest BCUT2D eigenvalue weighted by Crippen LogP contribution is -2.36. The normalized spacial score (nSPS) is 33.2. The van der Waals surface area contributed by atoms with E-state index in [4.69, 9.17) is 0 Å². The van der Waals surface area contributed by atoms with Crippen molar-refractivity contribution >= 4 is 5.71 Å². The van der Waals surface area contributed by atoms with Crippen molar-refractivity contribution in [2.45, 2.75) is 47.1 Å². The van der Waals surface area contributed by atoms with Crippen LogP contribution in [0.4, 0.5) is 0 Å². The van der Waals surface area contributed by atoms with Gasteiger partial charge < -0.3 is 5.43 Å². The van der Waals surface area contributed by atoms with Gasteiger partial charge in [-0.3, -0.25) is 0 Å². The van der Waals surface area contributed by atoms with Crippen LogP contribution < -0.4 is 5.43 Å². The predicted octanol–water partition coefficient (Wildman–Crippen LogP) is 2.65. The SMILES string of the molecule is CC(C)C(C)N/N=C1/CC(C)C1C. The molecule has 0 amide bonds. The number of hydrazone groups is 1. The Morgan fingerprint density at radius 2 is 1.92 bits per heavy atom. The average molecular weight is 182 g/mol. The Kier molecular flexibility index (Phi) is 3.34. The highest BCUT2D eigenvalue weighted by Gasteiger charge is 2.30. The Labute approximate surface area is 81.8 Å². The molecule has 0 bridgehead atoms. The van der Waals surface area contributed by atoms with Crippen LogP contribution in [0.15, 0.2) is 5.10 Å². The molecule has 13 heavy (non-hydrogen) atoms. The topological polar surface area (TPSA) is 24.4 Å². The monoisotopic (exact) mass is 182 g/mol. The highest BCUT2D eigenvalue weighted by atomic mass is 15.3. The second-order valence-electron chi connectivity index (χ2n) is 4.74. The van der Waals surface area contributed by atoms with Crippen molar-refractivity contribution in [2.24, 2.45) is 22.9 Å². The fourth-order valence-electron chi connectivity index (χ4n) is 1.34. The Morgan fingerprint density at radius 3 is 2.31 bits per heavy atom. The zero-order valence-electron chi connectivity index (χ0n) is 9.46. The van der Waals surface area contributed by atoms with Gasteiger partial charge >= 0.3 is 0 Å². The molecule has 0 aromatic rings. The first-order chi connectivity index (χ1) is 6.02. The second kappa shape index (κ2) is 4.12. The molecule has 0 aliphatic heterocycles. The van der Waals surface area contributed by atoms with E-state index in [1.54, 1.807) is 0 Å². The van der Waals surface area contributed by atoms with Crippen LogP contribution in [-0.4, -0.2) is 11.8 Å². The lowest BCUT2D eigenvalue weighted by molar-refractivity contribution is 0.395. The molecule has 0 aromatic heterocycles. The molecule has 1 aliphatic carbocycles. The van der Waals surface area contributed by atoms with E-state index in [0.717, 1.165) is 5.92 Å². The van der Waals surface area contributed by atoms with Gasteiger partial charge in [-0.25, -0.2) is 0 Å². The van der Waals surface area contributed by atoms with Gasteiger partial charge in [0.1, 0.15) is 0 Å². The molecule has 0 aromatic carbocycles. The maximum Gasteiger partial charge on any atom is 0.0434 e. The standard InChI is InChI=1S/C11H22N2/c1-7(2)10(5)12-13-11-6-8(3)9(11)4/h7-10,12H,6H2,1-5H3/b13-11-. The van der Waals surface area contributed by atoms with Crippen molar-refractivity contribution in [2.75, 3.05) is 0 Å². The molecular formula is C11H22N2. The van der Waals surface area contributed by atoms with Crippen LogP contribution in [0.1, 0.15) is 41.0 Å². The fraction of sp³-hybridized carbons (Fsp3) is 0.909. The number of hydrogen-bond acceptors (Lipinski definition) is 2. The molecule has 0 heterocycles. The largest absolute Gasteiger partial charge is 0.307 e. The predicted molar refractivity (Wildman–Crippen MR) is 57.8 cm³/mol. The van der Waals surface area contributed by atoms with Crippen molar-refractivity contribution < 1.29 is 0 Å². The van der Waals surface area contributed by atoms with Crippen LogP contribution in [0.3, 0.4) is 0 Å². The van der Waals surface area contributed by atoms with Crippen LogP contribution in [0.25, 0.3) is 0 Å². The van der Waals surface area contributed by atoms with Crippen molar-refractivity contribution in [3.63, 3.8) is 0 Å². The van der Waals surface area contributed by atoms with Crippen LogP contribution in [-0.2, 0) is 0 Å². The van der Waals surface area contributed by atoms with E-state index in [-0.39, 0.29) is 0 Å². The number of rotatable bonds is 3. The first-order valence-electron chi connectivity index (χ1n) is 5.34. The van der Waals surface area contributed by atoms with E-state index < -0.39 is 0 Å². The summed E-state index contributed by atoms with van der Waals surface area (Å²) in [6, 6.07) is 0.482. The van der Waals surface area contributed by atoms with Crippen molar-refractivity contribution in [3.05, 3.63) is 0 Å². The van der Waals surface area contributed by atoms with Gasteiger partial charge in [-0.2, -0.15) is 5.10 Å². The van der Waals surface area contributed by atoms with Gasteiger partial charge in [-0.05, 0) is 31.1 Å². The molecule has 0 spiro atoms. The van der Waals surface area contributed by atoms with Crippen LogP contribution in [0.2, 0.25) is 0 Å². The van der Waals surface area contributed by atoms with Crippen LogP contribution in [0.5, 0.6) is 0 Å². The smallest absolute Gasteiger partial charge is 0.0434 e. The molecule has 0 radical (unpaired) electrons. The van der Waals surface area contributed by atoms with Crippen molar-refractivity contribution in [1.82, 2.24) is 5.43 Å². The van der Waals surface area contributed by atoms with Crippen molar-refractivity contribution in [1.29, 1.82) is 0 Å². The molecule has 2 nitrogen and oxygen atoms in total. The van der Waals surface area contributed by atoms with Gasteiger partial charge in [-0.15, -0.1) is 0 Å². The minimum absolute atomic E-state index is 0.482. The van der Waals surface area contributed by atoms with E-state index in [2.05, 4.69) is 45.1 Å². The molecule has 2 heteroatoms. The lowest BCUT2D eigenvalue weighted by atomic mass is 9.74. The summed E-state index contributed by atoms with van der Waals surface area (Å²) < 4.78 is 0. The van der Waals surface area contributed by atoms with Crippen molar-refractivity contribution in [3.8, 4) is 0 Å². The van der Waals surface area contributed by atoms with Gasteiger partial charge in [0.15, 0.2) is 0 Å². The fourth-order valence-corrected chi connectivity index (χ4v) is 1.34. The minimum atomic E-state index is 0.482. The summed E-state index contributed by atoms with van der Waals surface area (Å²) in [5, 5.41) is 4.45. The average Bonchev–Trinajstić information content (AvgIpc) is 2.10. The molecule has 1 rings (SSSR count). The van der Waals surface area contributed by atoms with E-state index in [1.807, 2.05) is 0 Å². The summed E-state index contributed by atoms with van der Waals surface area (Å²) in [5.41, 5.74) is 4.57. The van der Waals surface area contributed by atoms with E-state index >= 15 is 0 Å². The first-order valence-corrected chi connectivity index (χ1v) is 5.34. The van der Waals surface area contributed by atoms with E-state index in [0.29, 0.717) is 17.9 Å². The third-order valence-corrected chi connectivity index (χ3v) is 3.32. The van der Waals surface area contributed by atoms with Gasteiger partial charge in [0.05, 0.1) is 0 Å². The lowest BCUT2D eigenvalue weighted by Gasteiger charge is -2.33. The van der Waals surface area contributed by atoms with E-state index in [1.165, 1.54) is 12.1 Å². The molecule has 3 atom stereocenters. The Balaban J connectivity index is 2.33. The Morgan fingerprint density at radius 1 is 1.31 bits per heavy atom. The van der Waals surface area contributed by atoms with E-state index in [9.17, 15) is 0 Å². The highest BCUT2D eigenvalue weighted by molar-refractivity contribution is 5.92. The van der Waals surface area contributed by atoms with Crippen LogP contribution >= 0.6 is 0 Å². The van der Waals surface area contributed by atoms with Gasteiger partial charge in [0.25, 0.3) is 0 Å². The molecule has 3 unspecified atom stereocenters. The Bertz CT molecular complexity index is 196. The molecule has 1 saturated carbocycles. The summed E-state index contributed by atoms with van der Waals surface area (Å²) in [4.78, 5) is 0. The van der Waals surface area contributed by atoms with Gasteiger partial charge in [-0.1, -0.05) is 27.7 Å². The quantitative estimate of drug-likeness (QED) is 0.667. The minimum Gasteiger partial charge on any atom is -0.307 e. The number of hydrogen-bond donors (Lipinski definition) is 1. The zero-order chi connectivity index (χ0) is 10.0. The third-order valence-electron chi connectivity index (χ3n) is 3.32. The van der Waals surface area contributed by atoms with Gasteiger partial charge in [0, 0.05) is 11.8 Å². The number of nitrogens with one attached hydrogen (secondary N) is 1. The summed E-state index contributed by atoms with van der Waals surface area (Å²) in [6.45, 7) is 11.2. The summed E-state index contributed by atoms with van der Waals surface area (Å²) >= 11 is 0. The Hall–Kier alpha value is -0.530. The molecule has 1 fully saturated rings. The molecule has 76 valence electrons. The molecule has 0 saturated heterocycles. The number of nitrogens with zero attached hydrogens (tertiary/aromatic N) is 1. The zero-order valence-corrected chi connectivity index (χ0v) is 9.46. The summed E-state index contributed by atoms with van der Waals surface area (Å²) in [5.74, 6) is 2.17. The molecular weight excluding hydrogens is 160 g/mol. The molecule has 1 aliphatic rings. The summed E-state index contributed by atoms with van der Waals surface area (Å²) in [6.07, 6.45) is 1.18. The highest BCUT2D eigenvalue weighted by Crippen LogP contribution is 2.30. The molecule has 1 N–H and O–H groups in total. The maximum atomic E-state index is 4.45. The third kappa shape index (κ3) is 2.45. The first kappa shape index (κ1) is 10.6. The summed E-state index contributed by atoms with van der Waals surface area (Å²) in [7, 11) is 0. The second-order valence-corrected chi connectivity index (χ2v) is 4.74.